The Morgan fingerprint density at radius 3 is 2.69 bits per heavy atom. The van der Waals surface area contributed by atoms with Crippen LogP contribution in [0.25, 0.3) is 0 Å². The first-order valence-electron chi connectivity index (χ1n) is 4.74. The van der Waals surface area contributed by atoms with Crippen molar-refractivity contribution < 1.29 is 5.11 Å². The molecule has 6 heteroatoms. The number of nitrogens with one attached hydrogen (secondary N) is 1. The highest BCUT2D eigenvalue weighted by molar-refractivity contribution is 5.21. The number of aliphatic hydroxyl groups excluding tert-OH is 1. The average Bonchev–Trinajstić information content (AvgIpc) is 2.22. The fourth-order valence-electron chi connectivity index (χ4n) is 1.22. The van der Waals surface area contributed by atoms with Crippen molar-refractivity contribution in [2.45, 2.75) is 20.4 Å². The third kappa shape index (κ3) is 2.58. The van der Waals surface area contributed by atoms with Crippen LogP contribution in [0.5, 0.6) is 0 Å². The van der Waals surface area contributed by atoms with Gasteiger partial charge in [-0.25, -0.2) is 4.79 Å². The number of rotatable bonds is 3. The monoisotopic (exact) mass is 223 g/mol. The normalized spacial score (nSPS) is 11.1. The Kier molecular flexibility index (Phi) is 3.30. The molecule has 86 valence electrons. The zero-order valence-corrected chi connectivity index (χ0v) is 9.15. The van der Waals surface area contributed by atoms with Crippen molar-refractivity contribution in [2.75, 3.05) is 6.61 Å². The largest absolute Gasteiger partial charge is 0.396 e. The van der Waals surface area contributed by atoms with E-state index in [1.165, 1.54) is 10.8 Å². The van der Waals surface area contributed by atoms with Gasteiger partial charge in [-0.15, -0.1) is 0 Å². The Labute approximate surface area is 91.8 Å². The molecule has 0 spiro atoms. The lowest BCUT2D eigenvalue weighted by Crippen LogP contribution is -2.36. The predicted octanol–water partition coefficient (Wildman–Crippen LogP) is -0.573. The van der Waals surface area contributed by atoms with Crippen LogP contribution < -0.4 is 11.2 Å². The minimum Gasteiger partial charge on any atom is -0.396 e. The molecule has 0 amide bonds. The summed E-state index contributed by atoms with van der Waals surface area (Å²) in [6, 6.07) is 1.70. The van der Waals surface area contributed by atoms with Crippen LogP contribution in [0.4, 0.5) is 0 Å². The Morgan fingerprint density at radius 2 is 2.19 bits per heavy atom. The van der Waals surface area contributed by atoms with Crippen molar-refractivity contribution in [3.05, 3.63) is 32.6 Å². The Morgan fingerprint density at radius 1 is 1.56 bits per heavy atom. The summed E-state index contributed by atoms with van der Waals surface area (Å²) in [6.45, 7) is 3.68. The number of hydrogen-bond donors (Lipinski definition) is 2. The molecule has 1 heterocycles. The van der Waals surface area contributed by atoms with Crippen molar-refractivity contribution in [3.63, 3.8) is 0 Å². The van der Waals surface area contributed by atoms with Gasteiger partial charge in [0.05, 0.1) is 0 Å². The van der Waals surface area contributed by atoms with Gasteiger partial charge in [-0.3, -0.25) is 14.3 Å². The third-order valence-electron chi connectivity index (χ3n) is 2.16. The van der Waals surface area contributed by atoms with Gasteiger partial charge in [0, 0.05) is 24.8 Å². The number of nitriles is 1. The molecular formula is C10H13N3O3. The molecule has 1 rings (SSSR count). The number of aromatic nitrogens is 2. The summed E-state index contributed by atoms with van der Waals surface area (Å²) >= 11 is 0. The molecule has 0 aliphatic rings. The Hall–Kier alpha value is -1.87. The molecule has 1 aromatic heterocycles. The molecule has 0 bridgehead atoms. The summed E-state index contributed by atoms with van der Waals surface area (Å²) in [5.74, 6) is 0. The van der Waals surface area contributed by atoms with Crippen LogP contribution in [-0.4, -0.2) is 21.3 Å². The molecule has 0 fully saturated rings. The lowest BCUT2D eigenvalue weighted by atomic mass is 9.95. The lowest BCUT2D eigenvalue weighted by Gasteiger charge is -2.22. The zero-order valence-electron chi connectivity index (χ0n) is 9.15. The number of aromatic amines is 1. The van der Waals surface area contributed by atoms with Crippen LogP contribution in [-0.2, 0) is 6.54 Å². The molecule has 16 heavy (non-hydrogen) atoms. The van der Waals surface area contributed by atoms with E-state index in [-0.39, 0.29) is 18.7 Å². The average molecular weight is 223 g/mol. The molecule has 0 aliphatic carbocycles. The van der Waals surface area contributed by atoms with Gasteiger partial charge in [-0.05, 0) is 0 Å². The molecule has 1 aromatic rings. The minimum atomic E-state index is -0.689. The van der Waals surface area contributed by atoms with E-state index in [4.69, 9.17) is 10.4 Å². The maximum atomic E-state index is 11.4. The van der Waals surface area contributed by atoms with Crippen molar-refractivity contribution in [3.8, 4) is 6.07 Å². The van der Waals surface area contributed by atoms with Crippen LogP contribution in [0.1, 0.15) is 19.4 Å². The van der Waals surface area contributed by atoms with E-state index in [1.54, 1.807) is 19.9 Å². The Balaban J connectivity index is 3.22. The number of hydrogen-bond acceptors (Lipinski definition) is 4. The van der Waals surface area contributed by atoms with Gasteiger partial charge >= 0.3 is 5.69 Å². The molecule has 0 saturated heterocycles. The highest BCUT2D eigenvalue weighted by Gasteiger charge is 2.18. The zero-order chi connectivity index (χ0) is 12.3. The third-order valence-corrected chi connectivity index (χ3v) is 2.16. The summed E-state index contributed by atoms with van der Waals surface area (Å²) in [7, 11) is 0. The maximum absolute atomic E-state index is 11.4. The first-order valence-corrected chi connectivity index (χ1v) is 4.74. The van der Waals surface area contributed by atoms with Gasteiger partial charge in [0.2, 0.25) is 0 Å². The number of aliphatic hydroxyl groups is 1. The second-order valence-electron chi connectivity index (χ2n) is 4.36. The van der Waals surface area contributed by atoms with E-state index >= 15 is 0 Å². The van der Waals surface area contributed by atoms with E-state index in [0.29, 0.717) is 0 Å². The second-order valence-corrected chi connectivity index (χ2v) is 4.36. The van der Waals surface area contributed by atoms with Crippen LogP contribution >= 0.6 is 0 Å². The van der Waals surface area contributed by atoms with Crippen LogP contribution in [0.3, 0.4) is 0 Å². The van der Waals surface area contributed by atoms with E-state index in [1.807, 2.05) is 0 Å². The topological polar surface area (TPSA) is 98.9 Å². The molecule has 0 aliphatic heterocycles. The van der Waals surface area contributed by atoms with Crippen molar-refractivity contribution in [1.29, 1.82) is 5.26 Å². The fraction of sp³-hybridized carbons (Fsp3) is 0.500. The minimum absolute atomic E-state index is 0.0968. The smallest absolute Gasteiger partial charge is 0.328 e. The standard InChI is InChI=1S/C10H13N3O3/c1-10(2,6-14)5-13-4-7(3-11)8(15)12-9(13)16/h4,14H,5-6H2,1-2H3,(H,12,15,16). The molecule has 0 aromatic carbocycles. The lowest BCUT2D eigenvalue weighted by molar-refractivity contribution is 0.139. The maximum Gasteiger partial charge on any atom is 0.328 e. The van der Waals surface area contributed by atoms with E-state index in [2.05, 4.69) is 4.98 Å². The number of H-pyrrole nitrogens is 1. The quantitative estimate of drug-likeness (QED) is 0.716. The molecular weight excluding hydrogens is 210 g/mol. The molecule has 0 saturated carbocycles. The van der Waals surface area contributed by atoms with E-state index < -0.39 is 16.7 Å². The van der Waals surface area contributed by atoms with E-state index in [0.717, 1.165) is 0 Å². The molecule has 0 radical (unpaired) electrons. The second kappa shape index (κ2) is 4.33. The summed E-state index contributed by atoms with van der Waals surface area (Å²) < 4.78 is 1.22. The van der Waals surface area contributed by atoms with Gasteiger partial charge in [0.1, 0.15) is 11.6 Å². The first-order chi connectivity index (χ1) is 7.39. The summed E-state index contributed by atoms with van der Waals surface area (Å²) in [5.41, 5.74) is -1.88. The van der Waals surface area contributed by atoms with Crippen molar-refractivity contribution >= 4 is 0 Å². The molecule has 6 nitrogen and oxygen atoms in total. The SMILES string of the molecule is CC(C)(CO)Cn1cc(C#N)c(=O)[nH]c1=O. The summed E-state index contributed by atoms with van der Waals surface area (Å²) in [5, 5.41) is 17.7. The Bertz CT molecular complexity index is 533. The summed E-state index contributed by atoms with van der Waals surface area (Å²) in [6.07, 6.45) is 1.21. The van der Waals surface area contributed by atoms with Crippen LogP contribution in [0.15, 0.2) is 15.8 Å². The van der Waals surface area contributed by atoms with Crippen LogP contribution in [0.2, 0.25) is 0 Å². The van der Waals surface area contributed by atoms with Crippen LogP contribution in [0, 0.1) is 16.7 Å². The highest BCUT2D eigenvalue weighted by atomic mass is 16.3. The van der Waals surface area contributed by atoms with Gasteiger partial charge in [0.25, 0.3) is 5.56 Å². The predicted molar refractivity (Wildman–Crippen MR) is 56.9 cm³/mol. The molecule has 2 N–H and O–H groups in total. The van der Waals surface area contributed by atoms with Crippen molar-refractivity contribution in [1.82, 2.24) is 9.55 Å². The van der Waals surface area contributed by atoms with Gasteiger partial charge in [0.15, 0.2) is 0 Å². The van der Waals surface area contributed by atoms with Gasteiger partial charge in [-0.2, -0.15) is 5.26 Å². The fourth-order valence-corrected chi connectivity index (χ4v) is 1.22. The molecule has 0 atom stereocenters. The number of nitrogens with zero attached hydrogens (tertiary/aromatic N) is 2. The molecule has 0 unspecified atom stereocenters. The van der Waals surface area contributed by atoms with Crippen molar-refractivity contribution in [2.24, 2.45) is 5.41 Å². The summed E-state index contributed by atoms with van der Waals surface area (Å²) in [4.78, 5) is 24.6. The van der Waals surface area contributed by atoms with Gasteiger partial charge < -0.3 is 5.11 Å². The van der Waals surface area contributed by atoms with Gasteiger partial charge in [-0.1, -0.05) is 13.8 Å². The van der Waals surface area contributed by atoms with E-state index in [9.17, 15) is 9.59 Å². The highest BCUT2D eigenvalue weighted by Crippen LogP contribution is 2.15. The first kappa shape index (κ1) is 12.2.